The molecule has 0 aromatic heterocycles. The molecule has 0 spiro atoms. The molecule has 0 saturated carbocycles. The molecule has 2 amide bonds. The van der Waals surface area contributed by atoms with Gasteiger partial charge < -0.3 is 15.8 Å². The molecule has 0 fully saturated rings. The average Bonchev–Trinajstić information content (AvgIpc) is 2.36. The van der Waals surface area contributed by atoms with Crippen LogP contribution in [0.5, 0.6) is 0 Å². The third-order valence-corrected chi connectivity index (χ3v) is 3.58. The van der Waals surface area contributed by atoms with E-state index < -0.39 is 22.0 Å². The van der Waals surface area contributed by atoms with E-state index in [-0.39, 0.29) is 16.1 Å². The quantitative estimate of drug-likeness (QED) is 0.516. The van der Waals surface area contributed by atoms with Crippen molar-refractivity contribution >= 4 is 27.7 Å². The molecule has 0 atom stereocenters. The smallest absolute Gasteiger partial charge is 0.337 e. The van der Waals surface area contributed by atoms with Crippen LogP contribution in [-0.2, 0) is 14.8 Å². The van der Waals surface area contributed by atoms with E-state index in [0.29, 0.717) is 0 Å². The maximum absolute atomic E-state index is 11.8. The van der Waals surface area contributed by atoms with Gasteiger partial charge in [-0.25, -0.2) is 22.7 Å². The number of amides is 2. The molecule has 0 aliphatic carbocycles. The van der Waals surface area contributed by atoms with Crippen LogP contribution in [0, 0.1) is 0 Å². The minimum Gasteiger partial charge on any atom is -0.465 e. The van der Waals surface area contributed by atoms with Gasteiger partial charge in [0.15, 0.2) is 0 Å². The molecule has 0 saturated heterocycles. The number of hydrogen-bond donors (Lipinski definition) is 3. The van der Waals surface area contributed by atoms with Crippen LogP contribution in [0.2, 0.25) is 0 Å². The largest absolute Gasteiger partial charge is 0.465 e. The van der Waals surface area contributed by atoms with Crippen molar-refractivity contribution in [3.05, 3.63) is 23.8 Å². The van der Waals surface area contributed by atoms with Gasteiger partial charge in [0.05, 0.1) is 18.4 Å². The Bertz CT molecular complexity index is 612. The summed E-state index contributed by atoms with van der Waals surface area (Å²) in [6, 6.07) is 2.62. The van der Waals surface area contributed by atoms with Crippen molar-refractivity contribution in [3.8, 4) is 0 Å². The first-order valence-corrected chi connectivity index (χ1v) is 6.52. The van der Waals surface area contributed by atoms with Crippen LogP contribution in [0.15, 0.2) is 23.1 Å². The van der Waals surface area contributed by atoms with Gasteiger partial charge in [0.1, 0.15) is 4.90 Å². The Balaban J connectivity index is 3.16. The summed E-state index contributed by atoms with van der Waals surface area (Å²) >= 11 is 0. The number of esters is 1. The lowest BCUT2D eigenvalue weighted by atomic mass is 10.2. The molecule has 1 aromatic carbocycles. The van der Waals surface area contributed by atoms with Crippen molar-refractivity contribution in [1.29, 1.82) is 0 Å². The summed E-state index contributed by atoms with van der Waals surface area (Å²) in [5, 5.41) is 2.10. The van der Waals surface area contributed by atoms with Gasteiger partial charge in [-0.1, -0.05) is 0 Å². The van der Waals surface area contributed by atoms with Crippen molar-refractivity contribution in [1.82, 2.24) is 10.0 Å². The average molecular weight is 287 g/mol. The van der Waals surface area contributed by atoms with E-state index >= 15 is 0 Å². The molecule has 104 valence electrons. The fraction of sp³-hybridized carbons (Fsp3) is 0.200. The highest BCUT2D eigenvalue weighted by Crippen LogP contribution is 2.20. The van der Waals surface area contributed by atoms with Gasteiger partial charge in [0.2, 0.25) is 0 Å². The van der Waals surface area contributed by atoms with E-state index in [1.54, 1.807) is 4.72 Å². The molecule has 8 nitrogen and oxygen atoms in total. The molecule has 0 aliphatic rings. The third-order valence-electron chi connectivity index (χ3n) is 2.17. The van der Waals surface area contributed by atoms with Gasteiger partial charge in [0, 0.05) is 7.05 Å². The number of nitrogens with one attached hydrogen (secondary N) is 2. The van der Waals surface area contributed by atoms with Crippen LogP contribution in [0.3, 0.4) is 0 Å². The molecule has 1 aromatic rings. The van der Waals surface area contributed by atoms with E-state index in [4.69, 9.17) is 5.73 Å². The lowest BCUT2D eigenvalue weighted by molar-refractivity contribution is 0.0600. The predicted molar refractivity (Wildman–Crippen MR) is 67.0 cm³/mol. The summed E-state index contributed by atoms with van der Waals surface area (Å²) in [5.74, 6) is -0.644. The number of nitrogen functional groups attached to an aromatic ring is 1. The molecular formula is C10H13N3O5S. The summed E-state index contributed by atoms with van der Waals surface area (Å²) in [7, 11) is -1.63. The lowest BCUT2D eigenvalue weighted by Gasteiger charge is -2.09. The molecule has 1 rings (SSSR count). The Morgan fingerprint density at radius 1 is 1.32 bits per heavy atom. The monoisotopic (exact) mass is 287 g/mol. The third kappa shape index (κ3) is 3.35. The number of methoxy groups -OCH3 is 1. The van der Waals surface area contributed by atoms with Crippen molar-refractivity contribution in [2.45, 2.75) is 4.90 Å². The van der Waals surface area contributed by atoms with E-state index in [0.717, 1.165) is 12.1 Å². The van der Waals surface area contributed by atoms with E-state index in [1.165, 1.54) is 20.2 Å². The minimum atomic E-state index is -4.09. The Morgan fingerprint density at radius 3 is 2.42 bits per heavy atom. The van der Waals surface area contributed by atoms with Crippen LogP contribution in [0.25, 0.3) is 0 Å². The van der Waals surface area contributed by atoms with Crippen LogP contribution in [0.1, 0.15) is 10.4 Å². The summed E-state index contributed by atoms with van der Waals surface area (Å²) in [6.45, 7) is 0. The number of nitrogens with two attached hydrogens (primary N) is 1. The SMILES string of the molecule is CNC(=O)NS(=O)(=O)c1ccc(C(=O)OC)cc1N. The second-order valence-electron chi connectivity index (χ2n) is 3.43. The van der Waals surface area contributed by atoms with E-state index in [9.17, 15) is 18.0 Å². The fourth-order valence-corrected chi connectivity index (χ4v) is 2.34. The Hall–Kier alpha value is -2.29. The van der Waals surface area contributed by atoms with Crippen LogP contribution >= 0.6 is 0 Å². The second-order valence-corrected chi connectivity index (χ2v) is 5.08. The standard InChI is InChI=1S/C10H13N3O5S/c1-12-10(15)13-19(16,17)8-4-3-6(5-7(8)11)9(14)18-2/h3-5H,11H2,1-2H3,(H2,12,13,15). The number of hydrogen-bond acceptors (Lipinski definition) is 6. The molecular weight excluding hydrogens is 274 g/mol. The first kappa shape index (κ1) is 14.8. The highest BCUT2D eigenvalue weighted by atomic mass is 32.2. The Kier molecular flexibility index (Phi) is 4.33. The number of carbonyl (C=O) groups excluding carboxylic acids is 2. The van der Waals surface area contributed by atoms with Crippen LogP contribution < -0.4 is 15.8 Å². The predicted octanol–water partition coefficient (Wildman–Crippen LogP) is -0.327. The number of rotatable bonds is 3. The van der Waals surface area contributed by atoms with Gasteiger partial charge in [-0.3, -0.25) is 0 Å². The molecule has 4 N–H and O–H groups in total. The summed E-state index contributed by atoms with van der Waals surface area (Å²) < 4.78 is 29.8. The Morgan fingerprint density at radius 2 is 1.95 bits per heavy atom. The van der Waals surface area contributed by atoms with Crippen molar-refractivity contribution < 1.29 is 22.7 Å². The summed E-state index contributed by atoms with van der Waals surface area (Å²) in [4.78, 5) is 22.0. The number of benzene rings is 1. The molecule has 0 aliphatic heterocycles. The van der Waals surface area contributed by atoms with Gasteiger partial charge in [-0.2, -0.15) is 0 Å². The van der Waals surface area contributed by atoms with Gasteiger partial charge in [0.25, 0.3) is 10.0 Å². The number of urea groups is 1. The topological polar surface area (TPSA) is 128 Å². The van der Waals surface area contributed by atoms with Gasteiger partial charge in [-0.05, 0) is 18.2 Å². The molecule has 0 bridgehead atoms. The van der Waals surface area contributed by atoms with E-state index in [1.807, 2.05) is 0 Å². The minimum absolute atomic E-state index is 0.110. The lowest BCUT2D eigenvalue weighted by Crippen LogP contribution is -2.37. The number of anilines is 1. The molecule has 0 radical (unpaired) electrons. The highest BCUT2D eigenvalue weighted by molar-refractivity contribution is 7.90. The normalized spacial score (nSPS) is 10.6. The van der Waals surface area contributed by atoms with Crippen molar-refractivity contribution in [2.75, 3.05) is 19.9 Å². The van der Waals surface area contributed by atoms with Gasteiger partial charge >= 0.3 is 12.0 Å². The maximum Gasteiger partial charge on any atom is 0.337 e. The molecule has 19 heavy (non-hydrogen) atoms. The second kappa shape index (κ2) is 5.57. The summed E-state index contributed by atoms with van der Waals surface area (Å²) in [5.41, 5.74) is 5.50. The van der Waals surface area contributed by atoms with Crippen LogP contribution in [0.4, 0.5) is 10.5 Å². The fourth-order valence-electron chi connectivity index (χ4n) is 1.27. The van der Waals surface area contributed by atoms with Gasteiger partial charge in [-0.15, -0.1) is 0 Å². The zero-order valence-electron chi connectivity index (χ0n) is 10.3. The Labute approximate surface area is 110 Å². The molecule has 0 unspecified atom stereocenters. The number of sulfonamides is 1. The van der Waals surface area contributed by atoms with E-state index in [2.05, 4.69) is 10.1 Å². The van der Waals surface area contributed by atoms with Crippen molar-refractivity contribution in [2.24, 2.45) is 0 Å². The zero-order valence-corrected chi connectivity index (χ0v) is 11.1. The summed E-state index contributed by atoms with van der Waals surface area (Å²) in [6.07, 6.45) is 0. The maximum atomic E-state index is 11.8. The van der Waals surface area contributed by atoms with Crippen LogP contribution in [-0.4, -0.2) is 34.6 Å². The highest BCUT2D eigenvalue weighted by Gasteiger charge is 2.21. The van der Waals surface area contributed by atoms with Crippen molar-refractivity contribution in [3.63, 3.8) is 0 Å². The molecule has 9 heteroatoms. The molecule has 0 heterocycles. The first-order chi connectivity index (χ1) is 8.81. The first-order valence-electron chi connectivity index (χ1n) is 5.04. The number of carbonyl (C=O) groups is 2. The number of ether oxygens (including phenoxy) is 1. The zero-order chi connectivity index (χ0) is 14.6.